The van der Waals surface area contributed by atoms with Crippen LogP contribution in [-0.2, 0) is 14.1 Å². The fourth-order valence-electron chi connectivity index (χ4n) is 1.32. The lowest BCUT2D eigenvalue weighted by Gasteiger charge is -1.98. The summed E-state index contributed by atoms with van der Waals surface area (Å²) in [6, 6.07) is 1.68. The molecule has 0 radical (unpaired) electrons. The van der Waals surface area contributed by atoms with E-state index in [1.165, 1.54) is 4.68 Å². The van der Waals surface area contributed by atoms with Crippen LogP contribution in [0, 0.1) is 0 Å². The zero-order valence-corrected chi connectivity index (χ0v) is 9.89. The summed E-state index contributed by atoms with van der Waals surface area (Å²) >= 11 is 3.28. The minimum absolute atomic E-state index is 0.137. The van der Waals surface area contributed by atoms with Gasteiger partial charge < -0.3 is 0 Å². The molecule has 78 valence electrons. The van der Waals surface area contributed by atoms with Crippen LogP contribution in [0.2, 0.25) is 0 Å². The summed E-state index contributed by atoms with van der Waals surface area (Å²) in [5.41, 5.74) is 0.926. The molecular formula is C9H9BrN4O. The number of hydrogen-bond acceptors (Lipinski definition) is 3. The highest BCUT2D eigenvalue weighted by Gasteiger charge is 2.18. The number of carbonyl (C=O) groups excluding carboxylic acids is 1. The van der Waals surface area contributed by atoms with E-state index in [0.29, 0.717) is 15.9 Å². The SMILES string of the molecule is Cn1ccc(C(=O)c2c(Br)cnn2C)n1. The molecule has 0 aromatic carbocycles. The molecule has 0 atom stereocenters. The molecule has 0 saturated carbocycles. The number of carbonyl (C=O) groups is 1. The summed E-state index contributed by atoms with van der Waals surface area (Å²) in [6.45, 7) is 0. The van der Waals surface area contributed by atoms with Crippen LogP contribution in [0.3, 0.4) is 0 Å². The fourth-order valence-corrected chi connectivity index (χ4v) is 1.85. The van der Waals surface area contributed by atoms with E-state index in [9.17, 15) is 4.79 Å². The van der Waals surface area contributed by atoms with Crippen molar-refractivity contribution in [3.63, 3.8) is 0 Å². The second-order valence-electron chi connectivity index (χ2n) is 3.17. The van der Waals surface area contributed by atoms with Crippen molar-refractivity contribution in [1.29, 1.82) is 0 Å². The highest BCUT2D eigenvalue weighted by molar-refractivity contribution is 9.10. The smallest absolute Gasteiger partial charge is 0.232 e. The van der Waals surface area contributed by atoms with Gasteiger partial charge in [0, 0.05) is 20.3 Å². The first-order valence-corrected chi connectivity index (χ1v) is 5.10. The highest BCUT2D eigenvalue weighted by atomic mass is 79.9. The van der Waals surface area contributed by atoms with E-state index in [4.69, 9.17) is 0 Å². The molecule has 2 rings (SSSR count). The van der Waals surface area contributed by atoms with Crippen LogP contribution < -0.4 is 0 Å². The van der Waals surface area contributed by atoms with Gasteiger partial charge in [-0.15, -0.1) is 0 Å². The molecule has 0 N–H and O–H groups in total. The number of aromatic nitrogens is 4. The average Bonchev–Trinajstić information content (AvgIpc) is 2.73. The lowest BCUT2D eigenvalue weighted by atomic mass is 10.2. The molecule has 15 heavy (non-hydrogen) atoms. The maximum atomic E-state index is 12.0. The Labute approximate surface area is 94.8 Å². The summed E-state index contributed by atoms with van der Waals surface area (Å²) in [5, 5.41) is 8.04. The summed E-state index contributed by atoms with van der Waals surface area (Å²) in [6.07, 6.45) is 3.33. The number of ketones is 1. The molecule has 2 aromatic heterocycles. The Morgan fingerprint density at radius 1 is 1.47 bits per heavy atom. The molecule has 0 fully saturated rings. The Bertz CT molecular complexity index is 494. The van der Waals surface area contributed by atoms with E-state index < -0.39 is 0 Å². The first-order chi connectivity index (χ1) is 7.09. The molecule has 0 aliphatic rings. The zero-order chi connectivity index (χ0) is 11.0. The topological polar surface area (TPSA) is 52.7 Å². The van der Waals surface area contributed by atoms with Gasteiger partial charge in [0.1, 0.15) is 11.4 Å². The van der Waals surface area contributed by atoms with Crippen molar-refractivity contribution >= 4 is 21.7 Å². The summed E-state index contributed by atoms with van der Waals surface area (Å²) < 4.78 is 3.80. The van der Waals surface area contributed by atoms with Crippen molar-refractivity contribution in [2.24, 2.45) is 14.1 Å². The number of nitrogens with zero attached hydrogens (tertiary/aromatic N) is 4. The van der Waals surface area contributed by atoms with Crippen molar-refractivity contribution in [2.45, 2.75) is 0 Å². The maximum absolute atomic E-state index is 12.0. The predicted octanol–water partition coefficient (Wildman–Crippen LogP) is 1.15. The Morgan fingerprint density at radius 2 is 2.20 bits per heavy atom. The average molecular weight is 269 g/mol. The van der Waals surface area contributed by atoms with E-state index in [1.54, 1.807) is 37.2 Å². The van der Waals surface area contributed by atoms with Crippen LogP contribution >= 0.6 is 15.9 Å². The minimum Gasteiger partial charge on any atom is -0.285 e. The molecule has 2 heterocycles. The molecule has 0 spiro atoms. The Hall–Kier alpha value is -1.43. The monoisotopic (exact) mass is 268 g/mol. The number of halogens is 1. The van der Waals surface area contributed by atoms with Gasteiger partial charge in [0.05, 0.1) is 10.7 Å². The summed E-state index contributed by atoms with van der Waals surface area (Å²) in [4.78, 5) is 12.0. The van der Waals surface area contributed by atoms with Crippen LogP contribution in [0.4, 0.5) is 0 Å². The second-order valence-corrected chi connectivity index (χ2v) is 4.02. The molecule has 0 saturated heterocycles. The summed E-state index contributed by atoms with van der Waals surface area (Å²) in [5.74, 6) is -0.137. The maximum Gasteiger partial charge on any atom is 0.232 e. The highest BCUT2D eigenvalue weighted by Crippen LogP contribution is 2.18. The summed E-state index contributed by atoms with van der Waals surface area (Å²) in [7, 11) is 3.50. The van der Waals surface area contributed by atoms with Crippen molar-refractivity contribution in [2.75, 3.05) is 0 Å². The van der Waals surface area contributed by atoms with Crippen molar-refractivity contribution in [1.82, 2.24) is 19.6 Å². The van der Waals surface area contributed by atoms with E-state index in [-0.39, 0.29) is 5.78 Å². The van der Waals surface area contributed by atoms with Gasteiger partial charge in [0.15, 0.2) is 0 Å². The quantitative estimate of drug-likeness (QED) is 0.768. The molecule has 5 nitrogen and oxygen atoms in total. The lowest BCUT2D eigenvalue weighted by molar-refractivity contribution is 0.102. The van der Waals surface area contributed by atoms with Gasteiger partial charge in [0.25, 0.3) is 0 Å². The van der Waals surface area contributed by atoms with Crippen LogP contribution in [0.5, 0.6) is 0 Å². The lowest BCUT2D eigenvalue weighted by Crippen LogP contribution is -2.10. The molecule has 6 heteroatoms. The van der Waals surface area contributed by atoms with Crippen molar-refractivity contribution in [3.05, 3.63) is 34.3 Å². The molecule has 0 unspecified atom stereocenters. The zero-order valence-electron chi connectivity index (χ0n) is 8.31. The van der Waals surface area contributed by atoms with Gasteiger partial charge in [-0.3, -0.25) is 14.2 Å². The molecule has 0 aliphatic heterocycles. The van der Waals surface area contributed by atoms with Gasteiger partial charge in [0.2, 0.25) is 5.78 Å². The minimum atomic E-state index is -0.137. The Balaban J connectivity index is 2.45. The van der Waals surface area contributed by atoms with Gasteiger partial charge >= 0.3 is 0 Å². The predicted molar refractivity (Wildman–Crippen MR) is 57.5 cm³/mol. The van der Waals surface area contributed by atoms with Gasteiger partial charge in [-0.1, -0.05) is 0 Å². The largest absolute Gasteiger partial charge is 0.285 e. The number of hydrogen-bond donors (Lipinski definition) is 0. The standard InChI is InChI=1S/C9H9BrN4O/c1-13-4-3-7(12-13)9(15)8-6(10)5-11-14(8)2/h3-5H,1-2H3. The van der Waals surface area contributed by atoms with Crippen LogP contribution in [0.1, 0.15) is 16.2 Å². The molecule has 0 amide bonds. The second kappa shape index (κ2) is 3.62. The van der Waals surface area contributed by atoms with Gasteiger partial charge in [-0.2, -0.15) is 10.2 Å². The van der Waals surface area contributed by atoms with E-state index in [2.05, 4.69) is 26.1 Å². The third-order valence-electron chi connectivity index (χ3n) is 2.06. The Morgan fingerprint density at radius 3 is 2.67 bits per heavy atom. The fraction of sp³-hybridized carbons (Fsp3) is 0.222. The van der Waals surface area contributed by atoms with Crippen LogP contribution in [-0.4, -0.2) is 25.3 Å². The number of aryl methyl sites for hydroxylation is 2. The first-order valence-electron chi connectivity index (χ1n) is 4.31. The molecule has 2 aromatic rings. The van der Waals surface area contributed by atoms with Gasteiger partial charge in [-0.05, 0) is 22.0 Å². The van der Waals surface area contributed by atoms with E-state index >= 15 is 0 Å². The molecular weight excluding hydrogens is 260 g/mol. The van der Waals surface area contributed by atoms with Crippen LogP contribution in [0.25, 0.3) is 0 Å². The third kappa shape index (κ3) is 1.72. The third-order valence-corrected chi connectivity index (χ3v) is 2.64. The van der Waals surface area contributed by atoms with Crippen molar-refractivity contribution in [3.8, 4) is 0 Å². The van der Waals surface area contributed by atoms with Gasteiger partial charge in [-0.25, -0.2) is 0 Å². The molecule has 0 aliphatic carbocycles. The van der Waals surface area contributed by atoms with E-state index in [0.717, 1.165) is 0 Å². The Kier molecular flexibility index (Phi) is 2.44. The van der Waals surface area contributed by atoms with E-state index in [1.807, 2.05) is 0 Å². The molecule has 0 bridgehead atoms. The van der Waals surface area contributed by atoms with Crippen molar-refractivity contribution < 1.29 is 4.79 Å². The number of rotatable bonds is 2. The normalized spacial score (nSPS) is 10.6. The van der Waals surface area contributed by atoms with Crippen LogP contribution in [0.15, 0.2) is 22.9 Å². The first kappa shape index (κ1) is 10.1.